The number of carbonyl (C=O) groups excluding carboxylic acids is 1. The van der Waals surface area contributed by atoms with E-state index in [1.165, 1.54) is 0 Å². The van der Waals surface area contributed by atoms with E-state index in [2.05, 4.69) is 26.1 Å². The Morgan fingerprint density at radius 3 is 2.61 bits per heavy atom. The number of para-hydroxylation sites is 1. The quantitative estimate of drug-likeness (QED) is 0.601. The number of furan rings is 1. The fraction of sp³-hybridized carbons (Fsp3) is 0.350. The van der Waals surface area contributed by atoms with E-state index in [0.717, 1.165) is 24.1 Å². The van der Waals surface area contributed by atoms with E-state index in [1.54, 1.807) is 17.0 Å². The minimum atomic E-state index is -0.352. The number of carbonyl (C=O) groups is 1. The van der Waals surface area contributed by atoms with Crippen LogP contribution in [-0.4, -0.2) is 29.3 Å². The van der Waals surface area contributed by atoms with Gasteiger partial charge in [-0.2, -0.15) is 0 Å². The first-order chi connectivity index (χ1) is 13.7. The molecule has 5 rings (SSSR count). The number of halogens is 1. The molecule has 2 aromatic heterocycles. The molecule has 1 aromatic carbocycles. The summed E-state index contributed by atoms with van der Waals surface area (Å²) in [4.78, 5) is 14.9. The molecule has 0 N–H and O–H groups in total. The molecule has 3 aromatic rings. The number of rotatable bonds is 3. The minimum Gasteiger partial charge on any atom is -0.444 e. The first-order valence-corrected chi connectivity index (χ1v) is 10.1. The monoisotopic (exact) mass is 443 g/mol. The first-order valence-electron chi connectivity index (χ1n) is 9.28. The lowest BCUT2D eigenvalue weighted by Crippen LogP contribution is -2.32. The smallest absolute Gasteiger partial charge is 0.294 e. The van der Waals surface area contributed by atoms with Crippen molar-refractivity contribution in [1.29, 1.82) is 0 Å². The molecule has 0 bridgehead atoms. The Morgan fingerprint density at radius 1 is 1.04 bits per heavy atom. The van der Waals surface area contributed by atoms with Gasteiger partial charge < -0.3 is 13.6 Å². The summed E-state index contributed by atoms with van der Waals surface area (Å²) in [5, 5.41) is 8.57. The van der Waals surface area contributed by atoms with E-state index in [4.69, 9.17) is 13.6 Å². The summed E-state index contributed by atoms with van der Waals surface area (Å²) < 4.78 is 17.5. The molecule has 0 saturated carbocycles. The van der Waals surface area contributed by atoms with Gasteiger partial charge in [0.1, 0.15) is 6.04 Å². The number of anilines is 1. The molecular weight excluding hydrogens is 426 g/mol. The van der Waals surface area contributed by atoms with Gasteiger partial charge in [-0.05, 0) is 52.5 Å². The number of amides is 1. The average Bonchev–Trinajstić information content (AvgIpc) is 3.46. The van der Waals surface area contributed by atoms with Crippen molar-refractivity contribution in [1.82, 2.24) is 10.2 Å². The highest BCUT2D eigenvalue weighted by Crippen LogP contribution is 2.41. The van der Waals surface area contributed by atoms with Crippen LogP contribution in [0.1, 0.15) is 52.7 Å². The van der Waals surface area contributed by atoms with Crippen LogP contribution < -0.4 is 4.90 Å². The zero-order chi connectivity index (χ0) is 19.1. The molecule has 0 spiro atoms. The van der Waals surface area contributed by atoms with Crippen molar-refractivity contribution in [3.05, 3.63) is 64.2 Å². The maximum absolute atomic E-state index is 13.2. The van der Waals surface area contributed by atoms with Crippen molar-refractivity contribution in [2.75, 3.05) is 18.1 Å². The van der Waals surface area contributed by atoms with Crippen LogP contribution in [-0.2, 0) is 11.2 Å². The number of nitrogens with zero attached hydrogens (tertiary/aromatic N) is 3. The zero-order valence-electron chi connectivity index (χ0n) is 15.0. The Hall–Kier alpha value is -2.45. The van der Waals surface area contributed by atoms with Crippen molar-refractivity contribution >= 4 is 27.5 Å². The van der Waals surface area contributed by atoms with Gasteiger partial charge in [-0.15, -0.1) is 10.2 Å². The fourth-order valence-electron chi connectivity index (χ4n) is 3.87. The van der Waals surface area contributed by atoms with Gasteiger partial charge in [0, 0.05) is 31.2 Å². The minimum absolute atomic E-state index is 0.212. The van der Waals surface area contributed by atoms with Gasteiger partial charge in [0.05, 0.1) is 0 Å². The van der Waals surface area contributed by atoms with Crippen LogP contribution in [0.15, 0.2) is 49.9 Å². The largest absolute Gasteiger partial charge is 0.444 e. The van der Waals surface area contributed by atoms with Crippen LogP contribution in [0.3, 0.4) is 0 Å². The number of benzene rings is 1. The van der Waals surface area contributed by atoms with E-state index in [0.29, 0.717) is 36.1 Å². The lowest BCUT2D eigenvalue weighted by atomic mass is 10.0. The van der Waals surface area contributed by atoms with E-state index >= 15 is 0 Å². The van der Waals surface area contributed by atoms with Crippen LogP contribution in [0.25, 0.3) is 0 Å². The SMILES string of the molecule is O=C(c1ccc(Br)o1)N1c2ccccc2CC1c1nnc(C2CCOCC2)o1. The number of aromatic nitrogens is 2. The molecule has 1 saturated heterocycles. The summed E-state index contributed by atoms with van der Waals surface area (Å²) in [5.41, 5.74) is 1.91. The van der Waals surface area contributed by atoms with Gasteiger partial charge in [-0.3, -0.25) is 9.69 Å². The van der Waals surface area contributed by atoms with Gasteiger partial charge in [-0.25, -0.2) is 0 Å². The third kappa shape index (κ3) is 3.06. The first kappa shape index (κ1) is 17.6. The molecule has 8 heteroatoms. The molecule has 2 aliphatic heterocycles. The number of hydrogen-bond acceptors (Lipinski definition) is 6. The Bertz CT molecular complexity index is 1010. The highest BCUT2D eigenvalue weighted by Gasteiger charge is 2.39. The summed E-state index contributed by atoms with van der Waals surface area (Å²) in [7, 11) is 0. The van der Waals surface area contributed by atoms with E-state index in [9.17, 15) is 4.79 Å². The van der Waals surface area contributed by atoms with E-state index in [-0.39, 0.29) is 23.6 Å². The lowest BCUT2D eigenvalue weighted by Gasteiger charge is -2.22. The summed E-state index contributed by atoms with van der Waals surface area (Å²) in [6, 6.07) is 10.8. The van der Waals surface area contributed by atoms with Crippen LogP contribution in [0.4, 0.5) is 5.69 Å². The second-order valence-electron chi connectivity index (χ2n) is 6.99. The third-order valence-corrected chi connectivity index (χ3v) is 5.72. The summed E-state index contributed by atoms with van der Waals surface area (Å²) in [5.74, 6) is 1.33. The number of ether oxygens (including phenoxy) is 1. The maximum atomic E-state index is 13.2. The van der Waals surface area contributed by atoms with Crippen LogP contribution in [0, 0.1) is 0 Å². The molecule has 1 fully saturated rings. The summed E-state index contributed by atoms with van der Waals surface area (Å²) in [6.07, 6.45) is 2.37. The van der Waals surface area contributed by atoms with Crippen molar-refractivity contribution in [2.45, 2.75) is 31.2 Å². The predicted molar refractivity (Wildman–Crippen MR) is 103 cm³/mol. The molecule has 28 heavy (non-hydrogen) atoms. The number of fused-ring (bicyclic) bond motifs is 1. The molecule has 0 aliphatic carbocycles. The summed E-state index contributed by atoms with van der Waals surface area (Å²) >= 11 is 3.26. The van der Waals surface area contributed by atoms with E-state index < -0.39 is 0 Å². The molecule has 144 valence electrons. The second kappa shape index (κ2) is 7.18. The van der Waals surface area contributed by atoms with Gasteiger partial charge in [0.25, 0.3) is 5.91 Å². The highest BCUT2D eigenvalue weighted by atomic mass is 79.9. The summed E-state index contributed by atoms with van der Waals surface area (Å²) in [6.45, 7) is 1.41. The number of hydrogen-bond donors (Lipinski definition) is 0. The predicted octanol–water partition coefficient (Wildman–Crippen LogP) is 4.26. The van der Waals surface area contributed by atoms with Crippen molar-refractivity contribution < 1.29 is 18.4 Å². The lowest BCUT2D eigenvalue weighted by molar-refractivity contribution is 0.0789. The molecule has 4 heterocycles. The Labute approximate surface area is 169 Å². The third-order valence-electron chi connectivity index (χ3n) is 5.29. The zero-order valence-corrected chi connectivity index (χ0v) is 16.6. The molecular formula is C20H18BrN3O4. The van der Waals surface area contributed by atoms with Crippen molar-refractivity contribution in [3.8, 4) is 0 Å². The van der Waals surface area contributed by atoms with Crippen molar-refractivity contribution in [2.24, 2.45) is 0 Å². The Balaban J connectivity index is 1.49. The molecule has 1 atom stereocenters. The van der Waals surface area contributed by atoms with Crippen LogP contribution in [0.2, 0.25) is 0 Å². The second-order valence-corrected chi connectivity index (χ2v) is 7.77. The fourth-order valence-corrected chi connectivity index (χ4v) is 4.18. The van der Waals surface area contributed by atoms with Crippen LogP contribution >= 0.6 is 15.9 Å². The molecule has 7 nitrogen and oxygen atoms in total. The molecule has 0 radical (unpaired) electrons. The topological polar surface area (TPSA) is 81.6 Å². The highest BCUT2D eigenvalue weighted by molar-refractivity contribution is 9.10. The van der Waals surface area contributed by atoms with Gasteiger partial charge >= 0.3 is 0 Å². The van der Waals surface area contributed by atoms with E-state index in [1.807, 2.05) is 24.3 Å². The van der Waals surface area contributed by atoms with Gasteiger partial charge in [0.15, 0.2) is 10.4 Å². The molecule has 2 aliphatic rings. The molecule has 1 amide bonds. The van der Waals surface area contributed by atoms with Gasteiger partial charge in [-0.1, -0.05) is 18.2 Å². The van der Waals surface area contributed by atoms with Crippen molar-refractivity contribution in [3.63, 3.8) is 0 Å². The maximum Gasteiger partial charge on any atom is 0.294 e. The standard InChI is InChI=1S/C20H18BrN3O4/c21-17-6-5-16(27-17)20(25)24-14-4-2-1-3-13(14)11-15(24)19-23-22-18(28-19)12-7-9-26-10-8-12/h1-6,12,15H,7-11H2. The Morgan fingerprint density at radius 2 is 1.82 bits per heavy atom. The Kier molecular flexibility index (Phi) is 4.52. The van der Waals surface area contributed by atoms with Gasteiger partial charge in [0.2, 0.25) is 11.8 Å². The van der Waals surface area contributed by atoms with Crippen LogP contribution in [0.5, 0.6) is 0 Å². The average molecular weight is 444 g/mol. The molecule has 1 unspecified atom stereocenters. The normalized spacial score (nSPS) is 19.8.